The molecule has 0 aliphatic rings. The number of benzene rings is 1. The lowest BCUT2D eigenvalue weighted by molar-refractivity contribution is 0.0508. The molecule has 1 amide bonds. The molecule has 0 unspecified atom stereocenters. The summed E-state index contributed by atoms with van der Waals surface area (Å²) < 4.78 is 5.76. The van der Waals surface area contributed by atoms with Gasteiger partial charge in [0.05, 0.1) is 10.6 Å². The van der Waals surface area contributed by atoms with Gasteiger partial charge in [-0.25, -0.2) is 4.79 Å². The molecule has 1 aromatic carbocycles. The quantitative estimate of drug-likeness (QED) is 0.669. The van der Waals surface area contributed by atoms with Crippen LogP contribution in [0.5, 0.6) is 0 Å². The number of carbonyl (C=O) groups is 1. The number of nitrogens with one attached hydrogen (secondary N) is 1. The third-order valence-electron chi connectivity index (χ3n) is 2.99. The van der Waals surface area contributed by atoms with E-state index in [4.69, 9.17) is 4.74 Å². The summed E-state index contributed by atoms with van der Waals surface area (Å²) in [4.78, 5) is 12.2. The molecule has 0 radical (unpaired) electrons. The van der Waals surface area contributed by atoms with E-state index in [1.165, 1.54) is 5.56 Å². The minimum absolute atomic E-state index is 0.0437. The van der Waals surface area contributed by atoms with Crippen LogP contribution in [0.25, 0.3) is 0 Å². The highest BCUT2D eigenvalue weighted by atomic mass is 32.2. The van der Waals surface area contributed by atoms with E-state index in [2.05, 4.69) is 31.3 Å². The third kappa shape index (κ3) is 8.56. The number of hydrogen-bond acceptors (Lipinski definition) is 4. The maximum Gasteiger partial charge on any atom is 0.407 e. The average molecular weight is 356 g/mol. The second-order valence-electron chi connectivity index (χ2n) is 6.22. The maximum absolute atomic E-state index is 12.2. The molecule has 0 heterocycles. The number of rotatable bonds is 8. The van der Waals surface area contributed by atoms with Gasteiger partial charge in [0, 0.05) is 0 Å². The number of carbonyl (C=O) groups excluding carboxylic acids is 1. The molecule has 0 aromatic heterocycles. The Labute approximate surface area is 149 Å². The van der Waals surface area contributed by atoms with Crippen LogP contribution >= 0.6 is 23.5 Å². The minimum Gasteiger partial charge on any atom is -0.444 e. The van der Waals surface area contributed by atoms with Gasteiger partial charge in [-0.15, -0.1) is 23.5 Å². The summed E-state index contributed by atoms with van der Waals surface area (Å²) in [7, 11) is 0. The largest absolute Gasteiger partial charge is 0.444 e. The molecule has 1 atom stereocenters. The molecule has 3 nitrogen and oxygen atoms in total. The van der Waals surface area contributed by atoms with Crippen LogP contribution in [0.2, 0.25) is 0 Å². The van der Waals surface area contributed by atoms with Crippen molar-refractivity contribution in [1.82, 2.24) is 5.32 Å². The molecule has 0 saturated heterocycles. The highest BCUT2D eigenvalue weighted by molar-refractivity contribution is 8.17. The number of amides is 1. The van der Waals surface area contributed by atoms with E-state index in [9.17, 15) is 4.79 Å². The molecule has 0 bridgehead atoms. The Balaban J connectivity index is 2.83. The van der Waals surface area contributed by atoms with Gasteiger partial charge in [0.15, 0.2) is 0 Å². The SMILES string of the molecule is CCSC(SCC)[C@H](Cc1ccccc1)NC(=O)OC(C)(C)C. The van der Waals surface area contributed by atoms with Crippen LogP contribution in [0.4, 0.5) is 4.79 Å². The Morgan fingerprint density at radius 1 is 1.13 bits per heavy atom. The number of alkyl carbamates (subject to hydrolysis) is 1. The minimum atomic E-state index is -0.479. The highest BCUT2D eigenvalue weighted by Gasteiger charge is 2.26. The van der Waals surface area contributed by atoms with Gasteiger partial charge < -0.3 is 10.1 Å². The number of thioether (sulfide) groups is 2. The zero-order valence-corrected chi connectivity index (χ0v) is 16.4. The van der Waals surface area contributed by atoms with Gasteiger partial charge >= 0.3 is 6.09 Å². The van der Waals surface area contributed by atoms with Crippen molar-refractivity contribution in [2.75, 3.05) is 11.5 Å². The molecule has 0 saturated carbocycles. The molecule has 130 valence electrons. The van der Waals surface area contributed by atoms with Gasteiger partial charge in [-0.1, -0.05) is 44.2 Å². The van der Waals surface area contributed by atoms with Crippen molar-refractivity contribution in [3.05, 3.63) is 35.9 Å². The van der Waals surface area contributed by atoms with E-state index in [1.807, 2.05) is 62.5 Å². The lowest BCUT2D eigenvalue weighted by Gasteiger charge is -2.28. The normalized spacial score (nSPS) is 13.0. The first-order valence-corrected chi connectivity index (χ1v) is 10.2. The van der Waals surface area contributed by atoms with Gasteiger partial charge in [-0.05, 0) is 44.3 Å². The van der Waals surface area contributed by atoms with Crippen LogP contribution in [0.3, 0.4) is 0 Å². The third-order valence-corrected chi connectivity index (χ3v) is 5.79. The van der Waals surface area contributed by atoms with E-state index in [1.54, 1.807) is 0 Å². The predicted molar refractivity (Wildman–Crippen MR) is 103 cm³/mol. The smallest absolute Gasteiger partial charge is 0.407 e. The predicted octanol–water partition coefficient (Wildman–Crippen LogP) is 4.95. The highest BCUT2D eigenvalue weighted by Crippen LogP contribution is 2.28. The summed E-state index contributed by atoms with van der Waals surface area (Å²) in [5.41, 5.74) is 0.749. The standard InChI is InChI=1S/C18H29NO2S2/c1-6-22-16(23-7-2)15(13-14-11-9-8-10-12-14)19-17(20)21-18(3,4)5/h8-12,15-16H,6-7,13H2,1-5H3,(H,19,20)/t15-/m0/s1. The Bertz CT molecular complexity index is 454. The van der Waals surface area contributed by atoms with Crippen LogP contribution in [0, 0.1) is 0 Å². The van der Waals surface area contributed by atoms with Crippen molar-refractivity contribution >= 4 is 29.6 Å². The van der Waals surface area contributed by atoms with Crippen molar-refractivity contribution in [2.24, 2.45) is 0 Å². The number of ether oxygens (including phenoxy) is 1. The summed E-state index contributed by atoms with van der Waals surface area (Å²) in [6.45, 7) is 9.97. The molecular formula is C18H29NO2S2. The van der Waals surface area contributed by atoms with Crippen molar-refractivity contribution in [1.29, 1.82) is 0 Å². The van der Waals surface area contributed by atoms with Crippen LogP contribution < -0.4 is 5.32 Å². The zero-order valence-electron chi connectivity index (χ0n) is 14.8. The second-order valence-corrected chi connectivity index (χ2v) is 9.36. The van der Waals surface area contributed by atoms with Crippen molar-refractivity contribution in [2.45, 2.75) is 57.3 Å². The fourth-order valence-electron chi connectivity index (χ4n) is 2.15. The Kier molecular flexibility index (Phi) is 8.92. The molecule has 0 spiro atoms. The van der Waals surface area contributed by atoms with Crippen LogP contribution in [-0.4, -0.2) is 33.8 Å². The molecule has 23 heavy (non-hydrogen) atoms. The molecule has 0 aliphatic heterocycles. The fourth-order valence-corrected chi connectivity index (χ4v) is 4.80. The summed E-state index contributed by atoms with van der Waals surface area (Å²) >= 11 is 3.76. The monoisotopic (exact) mass is 355 g/mol. The fraction of sp³-hybridized carbons (Fsp3) is 0.611. The summed E-state index contributed by atoms with van der Waals surface area (Å²) in [5.74, 6) is 2.05. The molecule has 0 aliphatic carbocycles. The van der Waals surface area contributed by atoms with Crippen LogP contribution in [-0.2, 0) is 11.2 Å². The molecule has 1 rings (SSSR count). The van der Waals surface area contributed by atoms with Crippen LogP contribution in [0.1, 0.15) is 40.2 Å². The Morgan fingerprint density at radius 3 is 2.17 bits per heavy atom. The van der Waals surface area contributed by atoms with E-state index >= 15 is 0 Å². The van der Waals surface area contributed by atoms with E-state index < -0.39 is 5.60 Å². The summed E-state index contributed by atoms with van der Waals surface area (Å²) in [5, 5.41) is 3.09. The first-order valence-electron chi connectivity index (χ1n) is 8.12. The van der Waals surface area contributed by atoms with E-state index in [-0.39, 0.29) is 12.1 Å². The molecular weight excluding hydrogens is 326 g/mol. The Morgan fingerprint density at radius 2 is 1.70 bits per heavy atom. The zero-order chi connectivity index (χ0) is 17.3. The van der Waals surface area contributed by atoms with Gasteiger partial charge in [-0.2, -0.15) is 0 Å². The first-order chi connectivity index (χ1) is 10.9. The van der Waals surface area contributed by atoms with Gasteiger partial charge in [0.1, 0.15) is 5.60 Å². The second kappa shape index (κ2) is 10.1. The van der Waals surface area contributed by atoms with Gasteiger partial charge in [0.25, 0.3) is 0 Å². The lowest BCUT2D eigenvalue weighted by atomic mass is 10.1. The molecule has 5 heteroatoms. The van der Waals surface area contributed by atoms with Crippen molar-refractivity contribution in [3.63, 3.8) is 0 Å². The topological polar surface area (TPSA) is 38.3 Å². The Hall–Kier alpha value is -0.810. The van der Waals surface area contributed by atoms with Crippen LogP contribution in [0.15, 0.2) is 30.3 Å². The van der Waals surface area contributed by atoms with Crippen molar-refractivity contribution < 1.29 is 9.53 Å². The van der Waals surface area contributed by atoms with E-state index in [0.29, 0.717) is 4.58 Å². The van der Waals surface area contributed by atoms with Crippen molar-refractivity contribution in [3.8, 4) is 0 Å². The average Bonchev–Trinajstić information content (AvgIpc) is 2.45. The molecule has 1 aromatic rings. The molecule has 0 fully saturated rings. The summed E-state index contributed by atoms with van der Waals surface area (Å²) in [6, 6.07) is 10.3. The molecule has 1 N–H and O–H groups in total. The first kappa shape index (κ1) is 20.2. The van der Waals surface area contributed by atoms with Gasteiger partial charge in [0.2, 0.25) is 0 Å². The number of hydrogen-bond donors (Lipinski definition) is 1. The van der Waals surface area contributed by atoms with Gasteiger partial charge in [-0.3, -0.25) is 0 Å². The van der Waals surface area contributed by atoms with E-state index in [0.717, 1.165) is 17.9 Å². The lowest BCUT2D eigenvalue weighted by Crippen LogP contribution is -2.44. The summed E-state index contributed by atoms with van der Waals surface area (Å²) in [6.07, 6.45) is 0.474. The maximum atomic E-state index is 12.2.